The Kier molecular flexibility index (Phi) is 2.65. The Bertz CT molecular complexity index is 457. The van der Waals surface area contributed by atoms with E-state index in [2.05, 4.69) is 14.9 Å². The highest BCUT2D eigenvalue weighted by Crippen LogP contribution is 2.24. The van der Waals surface area contributed by atoms with Gasteiger partial charge in [-0.05, 0) is 13.0 Å². The molecule has 2 rings (SSSR count). The molecule has 7 heteroatoms. The summed E-state index contributed by atoms with van der Waals surface area (Å²) in [7, 11) is 0. The second-order valence-corrected chi connectivity index (χ2v) is 4.90. The first-order valence-corrected chi connectivity index (χ1v) is 5.70. The van der Waals surface area contributed by atoms with E-state index in [1.165, 1.54) is 17.5 Å². The Hall–Kier alpha value is -1.47. The van der Waals surface area contributed by atoms with E-state index in [0.29, 0.717) is 15.6 Å². The zero-order valence-electron chi connectivity index (χ0n) is 7.85. The highest BCUT2D eigenvalue weighted by atomic mass is 32.1. The van der Waals surface area contributed by atoms with Crippen LogP contribution in [0.3, 0.4) is 0 Å². The number of nitrogens with one attached hydrogen (secondary N) is 1. The third kappa shape index (κ3) is 2.13. The van der Waals surface area contributed by atoms with E-state index in [4.69, 9.17) is 5.73 Å². The van der Waals surface area contributed by atoms with Crippen molar-refractivity contribution in [3.8, 4) is 0 Å². The fraction of sp³-hybridized carbons (Fsp3) is 0.125. The van der Waals surface area contributed by atoms with Crippen molar-refractivity contribution in [3.05, 3.63) is 22.0 Å². The first-order valence-electron chi connectivity index (χ1n) is 4.11. The van der Waals surface area contributed by atoms with Crippen LogP contribution in [-0.2, 0) is 0 Å². The second-order valence-electron chi connectivity index (χ2n) is 2.86. The van der Waals surface area contributed by atoms with Crippen LogP contribution >= 0.6 is 22.9 Å². The van der Waals surface area contributed by atoms with E-state index in [1.807, 2.05) is 6.92 Å². The van der Waals surface area contributed by atoms with Gasteiger partial charge in [-0.15, -0.1) is 16.4 Å². The number of thiophene rings is 1. The van der Waals surface area contributed by atoms with Gasteiger partial charge in [-0.25, -0.2) is 0 Å². The Morgan fingerprint density at radius 2 is 2.40 bits per heavy atom. The van der Waals surface area contributed by atoms with Gasteiger partial charge in [0.25, 0.3) is 5.91 Å². The molecule has 0 unspecified atom stereocenters. The molecule has 0 saturated carbocycles. The molecule has 15 heavy (non-hydrogen) atoms. The lowest BCUT2D eigenvalue weighted by atomic mass is 10.3. The van der Waals surface area contributed by atoms with Crippen LogP contribution in [0.5, 0.6) is 0 Å². The predicted octanol–water partition coefficient (Wildman–Crippen LogP) is 1.74. The van der Waals surface area contributed by atoms with Crippen LogP contribution in [0, 0.1) is 6.92 Å². The molecule has 3 N–H and O–H groups in total. The fourth-order valence-corrected chi connectivity index (χ4v) is 2.25. The average molecular weight is 240 g/mol. The van der Waals surface area contributed by atoms with Crippen molar-refractivity contribution in [3.63, 3.8) is 0 Å². The first kappa shape index (κ1) is 10.1. The molecule has 78 valence electrons. The van der Waals surface area contributed by atoms with Crippen molar-refractivity contribution in [2.24, 2.45) is 0 Å². The molecule has 2 aromatic rings. The molecule has 0 aromatic carbocycles. The van der Waals surface area contributed by atoms with Crippen molar-refractivity contribution in [2.45, 2.75) is 6.92 Å². The molecule has 0 aliphatic heterocycles. The zero-order valence-corrected chi connectivity index (χ0v) is 9.48. The van der Waals surface area contributed by atoms with Gasteiger partial charge >= 0.3 is 0 Å². The molecule has 2 heterocycles. The fourth-order valence-electron chi connectivity index (χ4n) is 1.00. The predicted molar refractivity (Wildman–Crippen MR) is 61.3 cm³/mol. The summed E-state index contributed by atoms with van der Waals surface area (Å²) in [6.45, 7) is 1.88. The maximum atomic E-state index is 11.7. The van der Waals surface area contributed by atoms with Gasteiger partial charge in [0.2, 0.25) is 0 Å². The van der Waals surface area contributed by atoms with Gasteiger partial charge in [-0.3, -0.25) is 4.79 Å². The minimum atomic E-state index is -0.175. The van der Waals surface area contributed by atoms with Crippen LogP contribution in [0.1, 0.15) is 14.5 Å². The van der Waals surface area contributed by atoms with E-state index in [1.54, 1.807) is 6.07 Å². The lowest BCUT2D eigenvalue weighted by Crippen LogP contribution is -2.08. The Morgan fingerprint density at radius 1 is 1.60 bits per heavy atom. The zero-order chi connectivity index (χ0) is 10.8. The highest BCUT2D eigenvalue weighted by Gasteiger charge is 2.11. The summed E-state index contributed by atoms with van der Waals surface area (Å²) in [5.41, 5.74) is 6.31. The summed E-state index contributed by atoms with van der Waals surface area (Å²) in [5, 5.41) is 6.94. The quantitative estimate of drug-likeness (QED) is 0.837. The largest absolute Gasteiger partial charge is 0.398 e. The maximum absolute atomic E-state index is 11.7. The summed E-state index contributed by atoms with van der Waals surface area (Å²) in [4.78, 5) is 13.2. The first-order chi connectivity index (χ1) is 7.16. The monoisotopic (exact) mass is 240 g/mol. The number of aryl methyl sites for hydroxylation is 1. The van der Waals surface area contributed by atoms with Crippen molar-refractivity contribution in [1.29, 1.82) is 0 Å². The molecule has 0 aliphatic carbocycles. The Labute approximate surface area is 94.1 Å². The number of nitrogens with two attached hydrogens (primary N) is 1. The molecule has 0 radical (unpaired) electrons. The topological polar surface area (TPSA) is 80.9 Å². The summed E-state index contributed by atoms with van der Waals surface area (Å²) in [5.74, 6) is -0.175. The third-order valence-electron chi connectivity index (χ3n) is 1.78. The minimum Gasteiger partial charge on any atom is -0.398 e. The molecule has 0 bridgehead atoms. The van der Waals surface area contributed by atoms with Gasteiger partial charge in [-0.2, -0.15) is 0 Å². The molecule has 2 aromatic heterocycles. The van der Waals surface area contributed by atoms with Crippen LogP contribution in [0.15, 0.2) is 12.3 Å². The van der Waals surface area contributed by atoms with E-state index in [0.717, 1.165) is 16.4 Å². The number of carbonyl (C=O) groups excluding carboxylic acids is 1. The number of hydrogen-bond acceptors (Lipinski definition) is 6. The van der Waals surface area contributed by atoms with Crippen LogP contribution < -0.4 is 11.1 Å². The smallest absolute Gasteiger partial charge is 0.266 e. The lowest BCUT2D eigenvalue weighted by molar-refractivity contribution is 0.103. The molecular formula is C8H8N4OS2. The molecule has 5 nitrogen and oxygen atoms in total. The van der Waals surface area contributed by atoms with Gasteiger partial charge in [-0.1, -0.05) is 4.49 Å². The van der Waals surface area contributed by atoms with Gasteiger partial charge < -0.3 is 11.1 Å². The standard InChI is InChI=1S/C8H8N4OS2/c1-4-5(9)2-6(14-4)8(13)11-7-3-10-12-15-7/h2-3H,9H2,1H3,(H,11,13). The Morgan fingerprint density at radius 3 is 2.93 bits per heavy atom. The van der Waals surface area contributed by atoms with Crippen LogP contribution in [0.4, 0.5) is 10.7 Å². The maximum Gasteiger partial charge on any atom is 0.266 e. The van der Waals surface area contributed by atoms with Crippen molar-refractivity contribution >= 4 is 39.5 Å². The molecular weight excluding hydrogens is 232 g/mol. The van der Waals surface area contributed by atoms with E-state index < -0.39 is 0 Å². The van der Waals surface area contributed by atoms with Gasteiger partial charge in [0.1, 0.15) is 5.00 Å². The molecule has 0 spiro atoms. The molecule has 0 atom stereocenters. The highest BCUT2D eigenvalue weighted by molar-refractivity contribution is 7.15. The van der Waals surface area contributed by atoms with Crippen molar-refractivity contribution in [2.75, 3.05) is 11.1 Å². The summed E-state index contributed by atoms with van der Waals surface area (Å²) < 4.78 is 3.65. The number of aromatic nitrogens is 2. The number of hydrogen-bond donors (Lipinski definition) is 2. The minimum absolute atomic E-state index is 0.175. The number of anilines is 2. The number of rotatable bonds is 2. The molecule has 0 saturated heterocycles. The number of amides is 1. The van der Waals surface area contributed by atoms with E-state index in [9.17, 15) is 4.79 Å². The number of carbonyl (C=O) groups is 1. The van der Waals surface area contributed by atoms with Gasteiger partial charge in [0, 0.05) is 22.1 Å². The van der Waals surface area contributed by atoms with Crippen molar-refractivity contribution < 1.29 is 4.79 Å². The molecule has 0 aliphatic rings. The van der Waals surface area contributed by atoms with E-state index in [-0.39, 0.29) is 5.91 Å². The summed E-state index contributed by atoms with van der Waals surface area (Å²) in [6, 6.07) is 1.67. The van der Waals surface area contributed by atoms with E-state index >= 15 is 0 Å². The van der Waals surface area contributed by atoms with Gasteiger partial charge in [0.15, 0.2) is 0 Å². The van der Waals surface area contributed by atoms with Crippen LogP contribution in [0.2, 0.25) is 0 Å². The normalized spacial score (nSPS) is 10.2. The SMILES string of the molecule is Cc1sc(C(=O)Nc2cnns2)cc1N. The van der Waals surface area contributed by atoms with Gasteiger partial charge in [0.05, 0.1) is 11.1 Å². The second kappa shape index (κ2) is 3.95. The number of nitrogen functional groups attached to an aromatic ring is 1. The molecule has 0 fully saturated rings. The summed E-state index contributed by atoms with van der Waals surface area (Å²) >= 11 is 2.51. The summed E-state index contributed by atoms with van der Waals surface area (Å²) in [6.07, 6.45) is 1.51. The average Bonchev–Trinajstić information content (AvgIpc) is 2.78. The van der Waals surface area contributed by atoms with Crippen LogP contribution in [-0.4, -0.2) is 15.5 Å². The Balaban J connectivity index is 2.15. The third-order valence-corrected chi connectivity index (χ3v) is 3.42. The molecule has 1 amide bonds. The lowest BCUT2D eigenvalue weighted by Gasteiger charge is -1.96. The van der Waals surface area contributed by atoms with Crippen LogP contribution in [0.25, 0.3) is 0 Å². The van der Waals surface area contributed by atoms with Crippen molar-refractivity contribution in [1.82, 2.24) is 9.59 Å². The number of nitrogens with zero attached hydrogens (tertiary/aromatic N) is 2.